The van der Waals surface area contributed by atoms with Crippen LogP contribution in [0.15, 0.2) is 53.0 Å². The summed E-state index contributed by atoms with van der Waals surface area (Å²) in [4.78, 5) is 34.9. The van der Waals surface area contributed by atoms with Crippen LogP contribution in [0.25, 0.3) is 5.57 Å². The van der Waals surface area contributed by atoms with Crippen molar-refractivity contribution in [3.05, 3.63) is 59.2 Å². The smallest absolute Gasteiger partial charge is 0.262 e. The SMILES string of the molecule is CN(C)CCN1C(=O)C2=C(C1=O)C1Oc3ccccc3N=C1c1ccc(OCCO)cc12. The summed E-state index contributed by atoms with van der Waals surface area (Å²) >= 11 is 0. The van der Waals surface area contributed by atoms with Crippen molar-refractivity contribution in [2.45, 2.75) is 6.10 Å². The van der Waals surface area contributed by atoms with Crippen LogP contribution in [0.4, 0.5) is 5.69 Å². The van der Waals surface area contributed by atoms with Crippen LogP contribution in [0.1, 0.15) is 11.1 Å². The first-order valence-electron chi connectivity index (χ1n) is 10.5. The highest BCUT2D eigenvalue weighted by molar-refractivity contribution is 6.41. The largest absolute Gasteiger partial charge is 0.491 e. The Morgan fingerprint density at radius 3 is 2.72 bits per heavy atom. The van der Waals surface area contributed by atoms with Crippen molar-refractivity contribution in [3.63, 3.8) is 0 Å². The topological polar surface area (TPSA) is 91.7 Å². The Hall–Kier alpha value is -3.49. The number of aliphatic hydroxyl groups excluding tert-OH is 1. The number of carbonyl (C=O) groups excluding carboxylic acids is 2. The van der Waals surface area contributed by atoms with E-state index in [1.807, 2.05) is 49.3 Å². The van der Waals surface area contributed by atoms with Crippen molar-refractivity contribution >= 4 is 28.8 Å². The minimum atomic E-state index is -0.752. The second kappa shape index (κ2) is 7.89. The average Bonchev–Trinajstić information content (AvgIpc) is 3.05. The van der Waals surface area contributed by atoms with E-state index in [0.29, 0.717) is 46.2 Å². The normalized spacial score (nSPS) is 18.7. The highest BCUT2D eigenvalue weighted by Crippen LogP contribution is 2.45. The summed E-state index contributed by atoms with van der Waals surface area (Å²) in [5, 5.41) is 9.10. The predicted molar refractivity (Wildman–Crippen MR) is 118 cm³/mol. The van der Waals surface area contributed by atoms with Gasteiger partial charge in [-0.1, -0.05) is 12.1 Å². The van der Waals surface area contributed by atoms with E-state index in [2.05, 4.69) is 0 Å². The van der Waals surface area contributed by atoms with Gasteiger partial charge in [-0.3, -0.25) is 14.5 Å². The van der Waals surface area contributed by atoms with Crippen LogP contribution in [0, 0.1) is 0 Å². The second-order valence-corrected chi connectivity index (χ2v) is 8.10. The maximum Gasteiger partial charge on any atom is 0.262 e. The Labute approximate surface area is 185 Å². The molecule has 32 heavy (non-hydrogen) atoms. The van der Waals surface area contributed by atoms with Crippen LogP contribution in [0.2, 0.25) is 0 Å². The Morgan fingerprint density at radius 1 is 1.12 bits per heavy atom. The lowest BCUT2D eigenvalue weighted by molar-refractivity contribution is -0.137. The molecule has 2 amide bonds. The van der Waals surface area contributed by atoms with Crippen LogP contribution >= 0.6 is 0 Å². The van der Waals surface area contributed by atoms with Gasteiger partial charge >= 0.3 is 0 Å². The molecule has 2 heterocycles. The van der Waals surface area contributed by atoms with Crippen molar-refractivity contribution in [2.75, 3.05) is 40.4 Å². The van der Waals surface area contributed by atoms with Gasteiger partial charge in [0.15, 0.2) is 6.10 Å². The molecule has 1 atom stereocenters. The lowest BCUT2D eigenvalue weighted by Crippen LogP contribution is -2.41. The third-order valence-electron chi connectivity index (χ3n) is 5.73. The summed E-state index contributed by atoms with van der Waals surface area (Å²) in [6.45, 7) is 0.843. The van der Waals surface area contributed by atoms with Crippen molar-refractivity contribution in [1.29, 1.82) is 0 Å². The van der Waals surface area contributed by atoms with Gasteiger partial charge in [0, 0.05) is 24.2 Å². The number of amides is 2. The monoisotopic (exact) mass is 433 g/mol. The van der Waals surface area contributed by atoms with E-state index in [-0.39, 0.29) is 31.6 Å². The molecule has 0 fully saturated rings. The van der Waals surface area contributed by atoms with Crippen LogP contribution in [0.5, 0.6) is 11.5 Å². The summed E-state index contributed by atoms with van der Waals surface area (Å²) in [5.41, 5.74) is 3.25. The molecular formula is C24H23N3O5. The number of benzene rings is 2. The van der Waals surface area contributed by atoms with Gasteiger partial charge in [0.25, 0.3) is 11.8 Å². The van der Waals surface area contributed by atoms with Crippen molar-refractivity contribution < 1.29 is 24.2 Å². The number of aliphatic imine (C=N–C) groups is 1. The number of nitrogens with zero attached hydrogens (tertiary/aromatic N) is 3. The number of ether oxygens (including phenoxy) is 2. The number of fused-ring (bicyclic) bond motifs is 6. The molecule has 2 aliphatic heterocycles. The zero-order valence-electron chi connectivity index (χ0n) is 17.9. The molecule has 0 aromatic heterocycles. The first-order valence-corrected chi connectivity index (χ1v) is 10.5. The van der Waals surface area contributed by atoms with Gasteiger partial charge in [-0.2, -0.15) is 0 Å². The number of aliphatic hydroxyl groups is 1. The second-order valence-electron chi connectivity index (χ2n) is 8.10. The van der Waals surface area contributed by atoms with Crippen molar-refractivity contribution in [1.82, 2.24) is 9.80 Å². The quantitative estimate of drug-likeness (QED) is 0.697. The molecule has 1 aliphatic carbocycles. The number of imide groups is 1. The van der Waals surface area contributed by atoms with E-state index in [0.717, 1.165) is 5.56 Å². The molecule has 3 aliphatic rings. The van der Waals surface area contributed by atoms with E-state index >= 15 is 0 Å². The molecule has 8 nitrogen and oxygen atoms in total. The minimum absolute atomic E-state index is 0.125. The number of para-hydroxylation sites is 2. The third-order valence-corrected chi connectivity index (χ3v) is 5.73. The molecule has 2 aromatic rings. The number of rotatable bonds is 6. The molecule has 0 saturated carbocycles. The van der Waals surface area contributed by atoms with Crippen LogP contribution in [-0.2, 0) is 9.59 Å². The zero-order valence-corrected chi connectivity index (χ0v) is 17.9. The van der Waals surface area contributed by atoms with Gasteiger partial charge < -0.3 is 19.5 Å². The maximum absolute atomic E-state index is 13.4. The summed E-state index contributed by atoms with van der Waals surface area (Å²) in [7, 11) is 3.79. The number of carbonyl (C=O) groups is 2. The van der Waals surface area contributed by atoms with Crippen molar-refractivity contribution in [2.24, 2.45) is 4.99 Å². The van der Waals surface area contributed by atoms with Crippen LogP contribution in [-0.4, -0.2) is 78.9 Å². The first-order chi connectivity index (χ1) is 15.5. The zero-order chi connectivity index (χ0) is 22.4. The minimum Gasteiger partial charge on any atom is -0.491 e. The highest BCUT2D eigenvalue weighted by Gasteiger charge is 2.49. The number of likely N-dealkylation sites (N-methyl/N-ethyl adjacent to an activating group) is 1. The third kappa shape index (κ3) is 3.19. The highest BCUT2D eigenvalue weighted by atomic mass is 16.5. The van der Waals surface area contributed by atoms with E-state index in [1.54, 1.807) is 12.1 Å². The van der Waals surface area contributed by atoms with Gasteiger partial charge in [-0.05, 0) is 44.4 Å². The number of hydrogen-bond acceptors (Lipinski definition) is 7. The van der Waals surface area contributed by atoms with E-state index < -0.39 is 6.10 Å². The molecular weight excluding hydrogens is 410 g/mol. The molecule has 5 rings (SSSR count). The lowest BCUT2D eigenvalue weighted by Gasteiger charge is -2.31. The summed E-state index contributed by atoms with van der Waals surface area (Å²) in [5.74, 6) is 0.393. The Bertz CT molecular complexity index is 1180. The maximum atomic E-state index is 13.4. The molecule has 0 saturated heterocycles. The summed E-state index contributed by atoms with van der Waals surface area (Å²) in [6.07, 6.45) is -0.752. The molecule has 0 bridgehead atoms. The van der Waals surface area contributed by atoms with E-state index in [9.17, 15) is 9.59 Å². The predicted octanol–water partition coefficient (Wildman–Crippen LogP) is 1.64. The van der Waals surface area contributed by atoms with Crippen LogP contribution in [0.3, 0.4) is 0 Å². The fraction of sp³-hybridized carbons (Fsp3) is 0.292. The number of hydrogen-bond donors (Lipinski definition) is 1. The van der Waals surface area contributed by atoms with Gasteiger partial charge in [-0.25, -0.2) is 4.99 Å². The summed E-state index contributed by atoms with van der Waals surface area (Å²) < 4.78 is 11.8. The Morgan fingerprint density at radius 2 is 1.94 bits per heavy atom. The molecule has 2 aromatic carbocycles. The van der Waals surface area contributed by atoms with Gasteiger partial charge in [0.1, 0.15) is 23.8 Å². The van der Waals surface area contributed by atoms with Gasteiger partial charge in [-0.15, -0.1) is 0 Å². The standard InChI is InChI=1S/C24H23N3O5/c1-26(2)9-10-27-23(29)19-16-13-14(31-12-11-28)7-8-15(16)21-22(20(19)24(27)30)32-18-6-4-3-5-17(18)25-21/h3-8,13,22,28H,9-12H2,1-2H3. The van der Waals surface area contributed by atoms with Gasteiger partial charge in [0.05, 0.1) is 23.5 Å². The summed E-state index contributed by atoms with van der Waals surface area (Å²) in [6, 6.07) is 12.7. The molecule has 1 unspecified atom stereocenters. The van der Waals surface area contributed by atoms with Gasteiger partial charge in [0.2, 0.25) is 0 Å². The fourth-order valence-corrected chi connectivity index (χ4v) is 4.23. The lowest BCUT2D eigenvalue weighted by atomic mass is 9.82. The van der Waals surface area contributed by atoms with Crippen LogP contribution < -0.4 is 9.47 Å². The fourth-order valence-electron chi connectivity index (χ4n) is 4.23. The molecule has 8 heteroatoms. The molecule has 0 spiro atoms. The van der Waals surface area contributed by atoms with Crippen molar-refractivity contribution in [3.8, 4) is 11.5 Å². The van der Waals surface area contributed by atoms with E-state index in [4.69, 9.17) is 19.6 Å². The molecule has 1 N–H and O–H groups in total. The first kappa shape index (κ1) is 20.4. The molecule has 0 radical (unpaired) electrons. The Kier molecular flexibility index (Phi) is 5.03. The average molecular weight is 433 g/mol. The van der Waals surface area contributed by atoms with E-state index in [1.165, 1.54) is 4.90 Å². The Balaban J connectivity index is 1.66. The molecule has 164 valence electrons.